The van der Waals surface area contributed by atoms with Gasteiger partial charge >= 0.3 is 0 Å². The van der Waals surface area contributed by atoms with E-state index >= 15 is 0 Å². The predicted octanol–water partition coefficient (Wildman–Crippen LogP) is 6.43. The number of rotatable bonds is 5. The molecule has 0 aliphatic heterocycles. The van der Waals surface area contributed by atoms with Crippen LogP contribution in [0.4, 0.5) is 5.69 Å². The molecule has 3 aromatic rings. The van der Waals surface area contributed by atoms with Gasteiger partial charge < -0.3 is 5.32 Å². The van der Waals surface area contributed by atoms with E-state index < -0.39 is 0 Å². The van der Waals surface area contributed by atoms with Gasteiger partial charge in [0, 0.05) is 16.8 Å². The Hall–Kier alpha value is -3.06. The van der Waals surface area contributed by atoms with Crippen molar-refractivity contribution in [3.63, 3.8) is 0 Å². The Kier molecular flexibility index (Phi) is 4.93. The van der Waals surface area contributed by atoms with Crippen LogP contribution in [0.5, 0.6) is 0 Å². The average molecular weight is 311 g/mol. The van der Waals surface area contributed by atoms with Gasteiger partial charge in [-0.05, 0) is 35.6 Å². The Morgan fingerprint density at radius 3 is 2.33 bits per heavy atom. The van der Waals surface area contributed by atoms with Gasteiger partial charge in [-0.3, -0.25) is 0 Å². The van der Waals surface area contributed by atoms with Crippen molar-refractivity contribution in [1.29, 1.82) is 0 Å². The van der Waals surface area contributed by atoms with Crippen molar-refractivity contribution < 1.29 is 0 Å². The van der Waals surface area contributed by atoms with Crippen LogP contribution in [0.25, 0.3) is 16.3 Å². The van der Waals surface area contributed by atoms with E-state index in [1.807, 2.05) is 24.3 Å². The molecule has 0 bridgehead atoms. The molecular weight excluding hydrogens is 290 g/mol. The van der Waals surface area contributed by atoms with Crippen LogP contribution in [0.1, 0.15) is 12.5 Å². The number of fused-ring (bicyclic) bond motifs is 1. The van der Waals surface area contributed by atoms with E-state index in [1.165, 1.54) is 16.3 Å². The molecule has 0 saturated heterocycles. The second kappa shape index (κ2) is 7.47. The lowest BCUT2D eigenvalue weighted by Crippen LogP contribution is -1.95. The van der Waals surface area contributed by atoms with Crippen LogP contribution in [0, 0.1) is 0 Å². The molecule has 0 aromatic heterocycles. The van der Waals surface area contributed by atoms with Gasteiger partial charge in [-0.1, -0.05) is 85.5 Å². The molecule has 0 spiro atoms. The van der Waals surface area contributed by atoms with Crippen molar-refractivity contribution in [2.45, 2.75) is 6.92 Å². The first kappa shape index (κ1) is 15.8. The second-order valence-electron chi connectivity index (χ2n) is 5.69. The zero-order chi connectivity index (χ0) is 16.8. The summed E-state index contributed by atoms with van der Waals surface area (Å²) in [6.45, 7) is 6.00. The van der Waals surface area contributed by atoms with Crippen LogP contribution in [-0.2, 0) is 0 Å². The van der Waals surface area contributed by atoms with Crippen molar-refractivity contribution in [3.8, 4) is 0 Å². The molecule has 0 amide bonds. The van der Waals surface area contributed by atoms with E-state index in [1.54, 1.807) is 0 Å². The molecule has 0 aliphatic carbocycles. The zero-order valence-electron chi connectivity index (χ0n) is 13.9. The third-order valence-electron chi connectivity index (χ3n) is 3.96. The number of nitrogens with one attached hydrogen (secondary N) is 1. The van der Waals surface area contributed by atoms with Crippen LogP contribution < -0.4 is 5.32 Å². The predicted molar refractivity (Wildman–Crippen MR) is 106 cm³/mol. The van der Waals surface area contributed by atoms with E-state index in [4.69, 9.17) is 0 Å². The quantitative estimate of drug-likeness (QED) is 0.536. The molecule has 0 unspecified atom stereocenters. The number of hydrogen-bond acceptors (Lipinski definition) is 1. The molecule has 0 saturated carbocycles. The van der Waals surface area contributed by atoms with Crippen LogP contribution in [0.15, 0.2) is 103 Å². The van der Waals surface area contributed by atoms with Crippen LogP contribution in [0.3, 0.4) is 0 Å². The highest BCUT2D eigenvalue weighted by molar-refractivity contribution is 5.94. The van der Waals surface area contributed by atoms with E-state index in [0.717, 1.165) is 17.0 Å². The molecule has 3 rings (SSSR count). The summed E-state index contributed by atoms with van der Waals surface area (Å²) in [4.78, 5) is 0. The second-order valence-corrected chi connectivity index (χ2v) is 5.69. The highest BCUT2D eigenvalue weighted by Gasteiger charge is 2.00. The summed E-state index contributed by atoms with van der Waals surface area (Å²) >= 11 is 0. The molecule has 1 heteroatoms. The van der Waals surface area contributed by atoms with Crippen molar-refractivity contribution in [3.05, 3.63) is 109 Å². The largest absolute Gasteiger partial charge is 0.359 e. The molecule has 1 N–H and O–H groups in total. The fourth-order valence-electron chi connectivity index (χ4n) is 2.72. The lowest BCUT2D eigenvalue weighted by atomic mass is 10.1. The maximum Gasteiger partial charge on any atom is 0.0461 e. The van der Waals surface area contributed by atoms with E-state index in [-0.39, 0.29) is 0 Å². The standard InChI is InChI=1S/C23H21N/c1-3-19(20-10-5-4-6-11-20)17-16-18(2)24-23-15-9-13-21-12-7-8-14-22(21)23/h3-17,24H,1H2,2H3/b18-16+,19-17+. The van der Waals surface area contributed by atoms with Crippen molar-refractivity contribution >= 4 is 22.0 Å². The first-order chi connectivity index (χ1) is 11.8. The third kappa shape index (κ3) is 3.64. The number of benzene rings is 3. The van der Waals surface area contributed by atoms with E-state index in [9.17, 15) is 0 Å². The molecule has 0 radical (unpaired) electrons. The van der Waals surface area contributed by atoms with Gasteiger partial charge in [-0.25, -0.2) is 0 Å². The van der Waals surface area contributed by atoms with E-state index in [2.05, 4.69) is 85.6 Å². The number of anilines is 1. The topological polar surface area (TPSA) is 12.0 Å². The first-order valence-electron chi connectivity index (χ1n) is 8.09. The minimum absolute atomic E-state index is 1.08. The Balaban J connectivity index is 1.86. The van der Waals surface area contributed by atoms with Gasteiger partial charge in [-0.15, -0.1) is 0 Å². The maximum absolute atomic E-state index is 3.92. The van der Waals surface area contributed by atoms with Crippen molar-refractivity contribution in [1.82, 2.24) is 0 Å². The van der Waals surface area contributed by atoms with Crippen LogP contribution in [0.2, 0.25) is 0 Å². The summed E-state index contributed by atoms with van der Waals surface area (Å²) in [5.41, 5.74) is 4.48. The lowest BCUT2D eigenvalue weighted by molar-refractivity contribution is 1.39. The molecule has 3 aromatic carbocycles. The Labute approximate surface area is 143 Å². The van der Waals surface area contributed by atoms with E-state index in [0.29, 0.717) is 0 Å². The molecule has 118 valence electrons. The smallest absolute Gasteiger partial charge is 0.0461 e. The lowest BCUT2D eigenvalue weighted by Gasteiger charge is -2.10. The summed E-state index contributed by atoms with van der Waals surface area (Å²) in [6.07, 6.45) is 6.07. The third-order valence-corrected chi connectivity index (χ3v) is 3.96. The van der Waals surface area contributed by atoms with Gasteiger partial charge in [-0.2, -0.15) is 0 Å². The average Bonchev–Trinajstić information content (AvgIpc) is 2.63. The highest BCUT2D eigenvalue weighted by atomic mass is 14.9. The van der Waals surface area contributed by atoms with Gasteiger partial charge in [0.25, 0.3) is 0 Å². The van der Waals surface area contributed by atoms with Crippen LogP contribution >= 0.6 is 0 Å². The van der Waals surface area contributed by atoms with Gasteiger partial charge in [0.1, 0.15) is 0 Å². The number of hydrogen-bond donors (Lipinski definition) is 1. The van der Waals surface area contributed by atoms with Crippen LogP contribution in [-0.4, -0.2) is 0 Å². The molecule has 24 heavy (non-hydrogen) atoms. The summed E-state index contributed by atoms with van der Waals surface area (Å²) in [5.74, 6) is 0. The number of allylic oxidation sites excluding steroid dienone is 5. The van der Waals surface area contributed by atoms with Gasteiger partial charge in [0.15, 0.2) is 0 Å². The Morgan fingerprint density at radius 2 is 1.54 bits per heavy atom. The van der Waals surface area contributed by atoms with Crippen molar-refractivity contribution in [2.75, 3.05) is 5.32 Å². The molecule has 0 aliphatic rings. The SMILES string of the molecule is C=C/C(=C\C=C(/C)Nc1cccc2ccccc12)c1ccccc1. The minimum atomic E-state index is 1.08. The molecule has 0 atom stereocenters. The Morgan fingerprint density at radius 1 is 0.833 bits per heavy atom. The monoisotopic (exact) mass is 311 g/mol. The first-order valence-corrected chi connectivity index (χ1v) is 8.09. The van der Waals surface area contributed by atoms with Crippen molar-refractivity contribution in [2.24, 2.45) is 0 Å². The highest BCUT2D eigenvalue weighted by Crippen LogP contribution is 2.24. The summed E-state index contributed by atoms with van der Waals surface area (Å²) in [6, 6.07) is 25.0. The fraction of sp³-hybridized carbons (Fsp3) is 0.0435. The minimum Gasteiger partial charge on any atom is -0.359 e. The molecule has 1 nitrogen and oxygen atoms in total. The molecular formula is C23H21N. The summed E-state index contributed by atoms with van der Waals surface area (Å²) in [7, 11) is 0. The fourth-order valence-corrected chi connectivity index (χ4v) is 2.72. The Bertz CT molecular complexity index is 896. The molecule has 0 heterocycles. The summed E-state index contributed by atoms with van der Waals surface area (Å²) < 4.78 is 0. The molecule has 0 fully saturated rings. The van der Waals surface area contributed by atoms with Gasteiger partial charge in [0.2, 0.25) is 0 Å². The maximum atomic E-state index is 3.92. The normalized spacial score (nSPS) is 12.2. The summed E-state index contributed by atoms with van der Waals surface area (Å²) in [5, 5.41) is 5.96. The zero-order valence-corrected chi connectivity index (χ0v) is 13.9. The van der Waals surface area contributed by atoms with Gasteiger partial charge in [0.05, 0.1) is 0 Å².